The van der Waals surface area contributed by atoms with E-state index in [0.29, 0.717) is 5.02 Å². The number of rotatable bonds is 7. The summed E-state index contributed by atoms with van der Waals surface area (Å²) in [5, 5.41) is 0.700. The van der Waals surface area contributed by atoms with E-state index in [1.807, 2.05) is 66.7 Å². The van der Waals surface area contributed by atoms with Crippen molar-refractivity contribution in [3.05, 3.63) is 89.4 Å². The van der Waals surface area contributed by atoms with Crippen LogP contribution in [0.4, 0.5) is 5.69 Å². The lowest BCUT2D eigenvalue weighted by Gasteiger charge is -2.15. The van der Waals surface area contributed by atoms with Crippen molar-refractivity contribution in [1.29, 1.82) is 0 Å². The Morgan fingerprint density at radius 2 is 1.63 bits per heavy atom. The van der Waals surface area contributed by atoms with Crippen molar-refractivity contribution in [2.45, 2.75) is 24.9 Å². The van der Waals surface area contributed by atoms with E-state index in [9.17, 15) is 0 Å². The SMILES string of the molecule is Clc1ccc(/N=C/OC2(Cc3cccc(Oc4ccccc4)c3)CC2)cc1. The van der Waals surface area contributed by atoms with Crippen LogP contribution < -0.4 is 4.74 Å². The molecule has 1 fully saturated rings. The summed E-state index contributed by atoms with van der Waals surface area (Å²) < 4.78 is 11.9. The van der Waals surface area contributed by atoms with Gasteiger partial charge in [0.05, 0.1) is 5.69 Å². The van der Waals surface area contributed by atoms with Crippen LogP contribution in [0.5, 0.6) is 11.5 Å². The van der Waals surface area contributed by atoms with Crippen LogP contribution in [0.2, 0.25) is 5.02 Å². The fourth-order valence-corrected chi connectivity index (χ4v) is 3.04. The first-order valence-electron chi connectivity index (χ1n) is 8.99. The molecule has 0 heterocycles. The van der Waals surface area contributed by atoms with Crippen molar-refractivity contribution < 1.29 is 9.47 Å². The highest BCUT2D eigenvalue weighted by molar-refractivity contribution is 6.30. The largest absolute Gasteiger partial charge is 0.476 e. The molecule has 0 bridgehead atoms. The van der Waals surface area contributed by atoms with Gasteiger partial charge in [-0.25, -0.2) is 4.99 Å². The van der Waals surface area contributed by atoms with E-state index in [1.165, 1.54) is 5.56 Å². The summed E-state index contributed by atoms with van der Waals surface area (Å²) in [7, 11) is 0. The van der Waals surface area contributed by atoms with Gasteiger partial charge in [-0.15, -0.1) is 0 Å². The fourth-order valence-electron chi connectivity index (χ4n) is 2.92. The number of hydrogen-bond donors (Lipinski definition) is 0. The monoisotopic (exact) mass is 377 g/mol. The number of aliphatic imine (C=N–C) groups is 1. The molecule has 0 radical (unpaired) electrons. The van der Waals surface area contributed by atoms with E-state index < -0.39 is 0 Å². The third-order valence-corrected chi connectivity index (χ3v) is 4.79. The molecule has 1 saturated carbocycles. The van der Waals surface area contributed by atoms with E-state index in [2.05, 4.69) is 17.1 Å². The molecule has 27 heavy (non-hydrogen) atoms. The van der Waals surface area contributed by atoms with Gasteiger partial charge in [0.1, 0.15) is 17.1 Å². The number of hydrogen-bond acceptors (Lipinski definition) is 3. The summed E-state index contributed by atoms with van der Waals surface area (Å²) >= 11 is 5.89. The molecule has 0 N–H and O–H groups in total. The summed E-state index contributed by atoms with van der Waals surface area (Å²) in [6.45, 7) is 0. The minimum absolute atomic E-state index is 0.151. The Morgan fingerprint density at radius 3 is 2.37 bits per heavy atom. The molecular formula is C23H20ClNO2. The van der Waals surface area contributed by atoms with Gasteiger partial charge in [-0.1, -0.05) is 41.9 Å². The summed E-state index contributed by atoms with van der Waals surface area (Å²) in [4.78, 5) is 4.36. The van der Waals surface area contributed by atoms with Gasteiger partial charge < -0.3 is 9.47 Å². The summed E-state index contributed by atoms with van der Waals surface area (Å²) in [5.74, 6) is 1.67. The van der Waals surface area contributed by atoms with Crippen molar-refractivity contribution in [2.75, 3.05) is 0 Å². The lowest BCUT2D eigenvalue weighted by molar-refractivity contribution is 0.176. The molecule has 0 aliphatic heterocycles. The third-order valence-electron chi connectivity index (χ3n) is 4.54. The van der Waals surface area contributed by atoms with Crippen molar-refractivity contribution >= 4 is 23.7 Å². The normalized spacial score (nSPS) is 14.9. The number of halogens is 1. The lowest BCUT2D eigenvalue weighted by Crippen LogP contribution is -2.16. The van der Waals surface area contributed by atoms with Gasteiger partial charge in [0, 0.05) is 11.4 Å². The highest BCUT2D eigenvalue weighted by atomic mass is 35.5. The zero-order chi connectivity index (χ0) is 18.5. The number of nitrogens with zero attached hydrogens (tertiary/aromatic N) is 1. The molecule has 4 heteroatoms. The van der Waals surface area contributed by atoms with Crippen molar-refractivity contribution in [2.24, 2.45) is 4.99 Å². The average molecular weight is 378 g/mol. The number of benzene rings is 3. The molecule has 0 amide bonds. The van der Waals surface area contributed by atoms with Crippen molar-refractivity contribution in [1.82, 2.24) is 0 Å². The van der Waals surface area contributed by atoms with Crippen LogP contribution in [0.15, 0.2) is 83.9 Å². The highest BCUT2D eigenvalue weighted by Crippen LogP contribution is 2.42. The van der Waals surface area contributed by atoms with Crippen LogP contribution in [0, 0.1) is 0 Å². The van der Waals surface area contributed by atoms with Crippen molar-refractivity contribution in [3.63, 3.8) is 0 Å². The molecule has 0 spiro atoms. The Morgan fingerprint density at radius 1 is 0.889 bits per heavy atom. The molecule has 1 aliphatic carbocycles. The molecule has 0 aromatic heterocycles. The van der Waals surface area contributed by atoms with E-state index in [-0.39, 0.29) is 5.60 Å². The molecule has 3 nitrogen and oxygen atoms in total. The smallest absolute Gasteiger partial charge is 0.175 e. The van der Waals surface area contributed by atoms with Crippen LogP contribution in [-0.2, 0) is 11.2 Å². The maximum atomic E-state index is 5.97. The molecule has 3 aromatic carbocycles. The first-order chi connectivity index (χ1) is 13.2. The zero-order valence-electron chi connectivity index (χ0n) is 14.8. The van der Waals surface area contributed by atoms with Gasteiger partial charge in [0.15, 0.2) is 6.40 Å². The molecule has 0 saturated heterocycles. The second-order valence-corrected chi connectivity index (χ2v) is 7.19. The zero-order valence-corrected chi connectivity index (χ0v) is 15.6. The van der Waals surface area contributed by atoms with E-state index in [0.717, 1.165) is 36.4 Å². The molecule has 3 aromatic rings. The van der Waals surface area contributed by atoms with Gasteiger partial charge in [-0.05, 0) is 66.9 Å². The second kappa shape index (κ2) is 7.85. The standard InChI is InChI=1S/C23H20ClNO2/c24-19-9-11-20(12-10-19)25-17-26-23(13-14-23)16-18-5-4-8-22(15-18)27-21-6-2-1-3-7-21/h1-12,15,17H,13-14,16H2/b25-17+. The maximum absolute atomic E-state index is 5.97. The third kappa shape index (κ3) is 4.89. The topological polar surface area (TPSA) is 30.8 Å². The predicted molar refractivity (Wildman–Crippen MR) is 109 cm³/mol. The number of para-hydroxylation sites is 1. The minimum Gasteiger partial charge on any atom is -0.476 e. The van der Waals surface area contributed by atoms with E-state index in [4.69, 9.17) is 21.1 Å². The second-order valence-electron chi connectivity index (χ2n) is 6.75. The van der Waals surface area contributed by atoms with E-state index in [1.54, 1.807) is 6.40 Å². The van der Waals surface area contributed by atoms with Crippen LogP contribution >= 0.6 is 11.6 Å². The molecule has 0 atom stereocenters. The van der Waals surface area contributed by atoms with Crippen molar-refractivity contribution in [3.8, 4) is 11.5 Å². The van der Waals surface area contributed by atoms with Gasteiger partial charge in [0.25, 0.3) is 0 Å². The Labute approximate surface area is 164 Å². The summed E-state index contributed by atoms with van der Waals surface area (Å²) in [6, 6.07) is 25.4. The molecule has 1 aliphatic rings. The molecule has 4 rings (SSSR count). The van der Waals surface area contributed by atoms with Gasteiger partial charge in [-0.3, -0.25) is 0 Å². The predicted octanol–water partition coefficient (Wildman–Crippen LogP) is 6.58. The molecule has 0 unspecified atom stereocenters. The van der Waals surface area contributed by atoms with Crippen LogP contribution in [-0.4, -0.2) is 12.0 Å². The van der Waals surface area contributed by atoms with E-state index >= 15 is 0 Å². The van der Waals surface area contributed by atoms with Gasteiger partial charge in [0.2, 0.25) is 0 Å². The molecule has 136 valence electrons. The van der Waals surface area contributed by atoms with Crippen LogP contribution in [0.25, 0.3) is 0 Å². The maximum Gasteiger partial charge on any atom is 0.175 e. The Balaban J connectivity index is 1.38. The average Bonchev–Trinajstić information content (AvgIpc) is 3.44. The first kappa shape index (κ1) is 17.6. The fraction of sp³-hybridized carbons (Fsp3) is 0.174. The highest BCUT2D eigenvalue weighted by Gasteiger charge is 2.44. The Hall–Kier alpha value is -2.78. The summed E-state index contributed by atoms with van der Waals surface area (Å²) in [5.41, 5.74) is 1.87. The lowest BCUT2D eigenvalue weighted by atomic mass is 10.1. The Kier molecular flexibility index (Phi) is 5.12. The minimum atomic E-state index is -0.151. The summed E-state index contributed by atoms with van der Waals surface area (Å²) in [6.07, 6.45) is 4.46. The molecular weight excluding hydrogens is 358 g/mol. The Bertz CT molecular complexity index is 919. The first-order valence-corrected chi connectivity index (χ1v) is 9.36. The van der Waals surface area contributed by atoms with Crippen LogP contribution in [0.3, 0.4) is 0 Å². The van der Waals surface area contributed by atoms with Gasteiger partial charge >= 0.3 is 0 Å². The number of ether oxygens (including phenoxy) is 2. The quantitative estimate of drug-likeness (QED) is 0.343. The van der Waals surface area contributed by atoms with Crippen LogP contribution in [0.1, 0.15) is 18.4 Å². The van der Waals surface area contributed by atoms with Gasteiger partial charge in [-0.2, -0.15) is 0 Å².